The molecule has 12 heteroatoms. The topological polar surface area (TPSA) is 214 Å². The molecule has 0 heterocycles. The van der Waals surface area contributed by atoms with Gasteiger partial charge < -0.3 is 37.6 Å². The number of aliphatic carboxylic acids is 2. The number of nitrogens with two attached hydrogens (primary N) is 2. The second kappa shape index (κ2) is 15.1. The first-order chi connectivity index (χ1) is 14.9. The molecule has 0 radical (unpaired) electrons. The minimum atomic E-state index is -1.29. The van der Waals surface area contributed by atoms with Gasteiger partial charge in [0.15, 0.2) is 0 Å². The lowest BCUT2D eigenvalue weighted by Gasteiger charge is -2.24. The average Bonchev–Trinajstić information content (AvgIpc) is 2.73. The summed E-state index contributed by atoms with van der Waals surface area (Å²) in [4.78, 5) is 59.7. The SMILES string of the molecule is CC[C@H](C)[C@H](N)C(=O)N[C@@H](C)C(=O)N[C@@H](CCC(=O)O)C(=O)N[C@@H](CCCCN)C(=O)O. The van der Waals surface area contributed by atoms with Gasteiger partial charge in [0.1, 0.15) is 18.1 Å². The van der Waals surface area contributed by atoms with Gasteiger partial charge >= 0.3 is 11.9 Å². The highest BCUT2D eigenvalue weighted by Crippen LogP contribution is 2.07. The molecule has 32 heavy (non-hydrogen) atoms. The number of nitrogens with one attached hydrogen (secondary N) is 3. The molecule has 5 atom stereocenters. The maximum Gasteiger partial charge on any atom is 0.326 e. The molecule has 0 aliphatic rings. The minimum Gasteiger partial charge on any atom is -0.481 e. The molecule has 0 unspecified atom stereocenters. The molecule has 0 aliphatic carbocycles. The molecule has 184 valence electrons. The summed E-state index contributed by atoms with van der Waals surface area (Å²) >= 11 is 0. The molecule has 12 nitrogen and oxygen atoms in total. The fourth-order valence-electron chi connectivity index (χ4n) is 2.74. The van der Waals surface area contributed by atoms with Gasteiger partial charge in [-0.2, -0.15) is 0 Å². The number of carboxylic acid groups (broad SMARTS) is 2. The van der Waals surface area contributed by atoms with Crippen molar-refractivity contribution in [3.8, 4) is 0 Å². The van der Waals surface area contributed by atoms with Gasteiger partial charge in [0.25, 0.3) is 0 Å². The zero-order chi connectivity index (χ0) is 24.8. The zero-order valence-corrected chi connectivity index (χ0v) is 18.9. The molecule has 9 N–H and O–H groups in total. The number of hydrogen-bond donors (Lipinski definition) is 7. The first-order valence-electron chi connectivity index (χ1n) is 10.8. The van der Waals surface area contributed by atoms with Crippen LogP contribution in [0.3, 0.4) is 0 Å². The molecule has 0 aliphatic heterocycles. The van der Waals surface area contributed by atoms with Crippen molar-refractivity contribution in [3.05, 3.63) is 0 Å². The van der Waals surface area contributed by atoms with Gasteiger partial charge in [0, 0.05) is 6.42 Å². The molecule has 0 bridgehead atoms. The lowest BCUT2D eigenvalue weighted by molar-refractivity contribution is -0.143. The van der Waals surface area contributed by atoms with Crippen molar-refractivity contribution in [2.45, 2.75) is 83.5 Å². The Morgan fingerprint density at radius 1 is 0.844 bits per heavy atom. The summed E-state index contributed by atoms with van der Waals surface area (Å²) in [6.07, 6.45) is 1.17. The van der Waals surface area contributed by atoms with Gasteiger partial charge in [-0.05, 0) is 45.1 Å². The van der Waals surface area contributed by atoms with Crippen molar-refractivity contribution >= 4 is 29.7 Å². The average molecular weight is 460 g/mol. The third-order valence-corrected chi connectivity index (χ3v) is 5.15. The van der Waals surface area contributed by atoms with E-state index in [0.717, 1.165) is 0 Å². The first kappa shape index (κ1) is 29.3. The van der Waals surface area contributed by atoms with Gasteiger partial charge in [0.2, 0.25) is 17.7 Å². The van der Waals surface area contributed by atoms with E-state index in [1.54, 1.807) is 6.92 Å². The van der Waals surface area contributed by atoms with E-state index in [4.69, 9.17) is 16.6 Å². The van der Waals surface area contributed by atoms with Crippen LogP contribution in [0, 0.1) is 5.92 Å². The van der Waals surface area contributed by atoms with Gasteiger partial charge in [-0.1, -0.05) is 20.3 Å². The molecule has 0 aromatic rings. The lowest BCUT2D eigenvalue weighted by Crippen LogP contribution is -2.56. The predicted molar refractivity (Wildman–Crippen MR) is 116 cm³/mol. The summed E-state index contributed by atoms with van der Waals surface area (Å²) in [5, 5.41) is 25.4. The van der Waals surface area contributed by atoms with Crippen molar-refractivity contribution in [1.82, 2.24) is 16.0 Å². The zero-order valence-electron chi connectivity index (χ0n) is 18.9. The number of unbranched alkanes of at least 4 members (excludes halogenated alkanes) is 1. The van der Waals surface area contributed by atoms with Crippen molar-refractivity contribution in [2.75, 3.05) is 6.54 Å². The maximum absolute atomic E-state index is 12.6. The van der Waals surface area contributed by atoms with Gasteiger partial charge in [-0.3, -0.25) is 19.2 Å². The van der Waals surface area contributed by atoms with Crippen LogP contribution in [0.2, 0.25) is 0 Å². The molecule has 0 rings (SSSR count). The molecule has 0 fully saturated rings. The summed E-state index contributed by atoms with van der Waals surface area (Å²) in [7, 11) is 0. The quantitative estimate of drug-likeness (QED) is 0.139. The second-order valence-electron chi connectivity index (χ2n) is 7.82. The maximum atomic E-state index is 12.6. The summed E-state index contributed by atoms with van der Waals surface area (Å²) in [5.41, 5.74) is 11.2. The largest absolute Gasteiger partial charge is 0.481 e. The fraction of sp³-hybridized carbons (Fsp3) is 0.750. The first-order valence-corrected chi connectivity index (χ1v) is 10.8. The summed E-state index contributed by atoms with van der Waals surface area (Å²) < 4.78 is 0. The number of rotatable bonds is 16. The van der Waals surface area contributed by atoms with Crippen molar-refractivity contribution < 1.29 is 34.2 Å². The summed E-state index contributed by atoms with van der Waals surface area (Å²) in [5.74, 6) is -4.62. The van der Waals surface area contributed by atoms with E-state index in [9.17, 15) is 29.1 Å². The molecule has 3 amide bonds. The normalized spacial score (nSPS) is 15.5. The van der Waals surface area contributed by atoms with E-state index in [0.29, 0.717) is 25.8 Å². The summed E-state index contributed by atoms with van der Waals surface area (Å²) in [6.45, 7) is 5.45. The van der Waals surface area contributed by atoms with Crippen LogP contribution in [0.15, 0.2) is 0 Å². The van der Waals surface area contributed by atoms with Crippen LogP contribution in [0.1, 0.15) is 59.3 Å². The Bertz CT molecular complexity index is 658. The van der Waals surface area contributed by atoms with Crippen LogP contribution >= 0.6 is 0 Å². The number of carbonyl (C=O) groups is 5. The number of hydrogen-bond acceptors (Lipinski definition) is 7. The Hall–Kier alpha value is -2.73. The van der Waals surface area contributed by atoms with E-state index in [1.807, 2.05) is 6.92 Å². The van der Waals surface area contributed by atoms with Crippen LogP contribution in [0.4, 0.5) is 0 Å². The molecular weight excluding hydrogens is 422 g/mol. The highest BCUT2D eigenvalue weighted by atomic mass is 16.4. The standard InChI is InChI=1S/C20H37N5O7/c1-4-11(2)16(22)19(30)23-12(3)17(28)24-13(8-9-15(26)27)18(29)25-14(20(31)32)7-5-6-10-21/h11-14,16H,4-10,21-22H2,1-3H3,(H,23,30)(H,24,28)(H,25,29)(H,26,27)(H,31,32)/t11-,12-,13-,14-,16-/m0/s1. The van der Waals surface area contributed by atoms with Crippen LogP contribution < -0.4 is 27.4 Å². The van der Waals surface area contributed by atoms with E-state index in [-0.39, 0.29) is 18.8 Å². The van der Waals surface area contributed by atoms with Gasteiger partial charge in [-0.15, -0.1) is 0 Å². The predicted octanol–water partition coefficient (Wildman–Crippen LogP) is -1.09. The third-order valence-electron chi connectivity index (χ3n) is 5.15. The van der Waals surface area contributed by atoms with E-state index < -0.39 is 60.2 Å². The second-order valence-corrected chi connectivity index (χ2v) is 7.82. The van der Waals surface area contributed by atoms with E-state index >= 15 is 0 Å². The molecular formula is C20H37N5O7. The van der Waals surface area contributed by atoms with E-state index in [1.165, 1.54) is 6.92 Å². The van der Waals surface area contributed by atoms with Gasteiger partial charge in [-0.25, -0.2) is 4.79 Å². The minimum absolute atomic E-state index is 0.105. The molecule has 0 spiro atoms. The highest BCUT2D eigenvalue weighted by Gasteiger charge is 2.29. The molecule has 0 saturated carbocycles. The smallest absolute Gasteiger partial charge is 0.326 e. The molecule has 0 aromatic carbocycles. The monoisotopic (exact) mass is 459 g/mol. The van der Waals surface area contributed by atoms with Gasteiger partial charge in [0.05, 0.1) is 6.04 Å². The summed E-state index contributed by atoms with van der Waals surface area (Å²) in [6, 6.07) is -4.36. The lowest BCUT2D eigenvalue weighted by atomic mass is 9.99. The number of carboxylic acids is 2. The Morgan fingerprint density at radius 3 is 1.94 bits per heavy atom. The van der Waals surface area contributed by atoms with Crippen LogP contribution in [-0.2, 0) is 24.0 Å². The molecule has 0 saturated heterocycles. The Balaban J connectivity index is 5.17. The van der Waals surface area contributed by atoms with Crippen molar-refractivity contribution in [2.24, 2.45) is 17.4 Å². The van der Waals surface area contributed by atoms with Crippen LogP contribution in [0.5, 0.6) is 0 Å². The highest BCUT2D eigenvalue weighted by molar-refractivity contribution is 5.94. The molecule has 0 aromatic heterocycles. The van der Waals surface area contributed by atoms with Crippen LogP contribution in [0.25, 0.3) is 0 Å². The third kappa shape index (κ3) is 11.0. The number of amides is 3. The van der Waals surface area contributed by atoms with E-state index in [2.05, 4.69) is 16.0 Å². The van der Waals surface area contributed by atoms with Crippen LogP contribution in [-0.4, -0.2) is 70.6 Å². The Kier molecular flexibility index (Phi) is 13.8. The Morgan fingerprint density at radius 2 is 1.44 bits per heavy atom. The van der Waals surface area contributed by atoms with Crippen molar-refractivity contribution in [3.63, 3.8) is 0 Å². The Labute approximate surface area is 187 Å². The number of carbonyl (C=O) groups excluding carboxylic acids is 3. The fourth-order valence-corrected chi connectivity index (χ4v) is 2.74. The van der Waals surface area contributed by atoms with Crippen molar-refractivity contribution in [1.29, 1.82) is 0 Å².